The first-order valence-electron chi connectivity index (χ1n) is 6.16. The van der Waals surface area contributed by atoms with E-state index in [0.717, 1.165) is 5.56 Å². The van der Waals surface area contributed by atoms with Crippen LogP contribution in [0, 0.1) is 5.82 Å². The number of hydrogen-bond acceptors (Lipinski definition) is 4. The summed E-state index contributed by atoms with van der Waals surface area (Å²) in [6.45, 7) is 2.41. The van der Waals surface area contributed by atoms with Gasteiger partial charge in [0.05, 0.1) is 5.69 Å². The number of nitrogen functional groups attached to an aromatic ring is 1. The van der Waals surface area contributed by atoms with Gasteiger partial charge in [0.2, 0.25) is 0 Å². The van der Waals surface area contributed by atoms with E-state index in [9.17, 15) is 4.39 Å². The fraction of sp³-hybridized carbons (Fsp3) is 0.286. The van der Waals surface area contributed by atoms with Gasteiger partial charge in [0, 0.05) is 19.3 Å². The number of nitrogens with two attached hydrogens (primary N) is 1. The molecule has 1 heterocycles. The highest BCUT2D eigenvalue weighted by molar-refractivity contribution is 5.44. The molecule has 1 aromatic heterocycles. The second kappa shape index (κ2) is 5.65. The molecular formula is C14H17FN4. The lowest BCUT2D eigenvalue weighted by molar-refractivity contribution is 0.588. The van der Waals surface area contributed by atoms with Crippen LogP contribution in [0.25, 0.3) is 0 Å². The molecule has 1 aromatic carbocycles. The molecule has 0 aliphatic rings. The normalized spacial score (nSPS) is 10.5. The van der Waals surface area contributed by atoms with Gasteiger partial charge in [0.25, 0.3) is 0 Å². The van der Waals surface area contributed by atoms with Gasteiger partial charge in [-0.2, -0.15) is 0 Å². The van der Waals surface area contributed by atoms with Crippen molar-refractivity contribution in [3.63, 3.8) is 0 Å². The zero-order valence-corrected chi connectivity index (χ0v) is 11.1. The Morgan fingerprint density at radius 1 is 1.32 bits per heavy atom. The van der Waals surface area contributed by atoms with Crippen LogP contribution in [-0.2, 0) is 13.0 Å². The van der Waals surface area contributed by atoms with E-state index in [1.54, 1.807) is 11.9 Å². The molecule has 0 saturated heterocycles. The average molecular weight is 260 g/mol. The Hall–Kier alpha value is -2.17. The summed E-state index contributed by atoms with van der Waals surface area (Å²) in [6, 6.07) is 7.53. The molecule has 100 valence electrons. The number of aryl methyl sites for hydroxylation is 1. The summed E-state index contributed by atoms with van der Waals surface area (Å²) in [5.74, 6) is -0.0364. The number of nitrogens with zero attached hydrogens (tertiary/aromatic N) is 3. The molecule has 4 nitrogen and oxygen atoms in total. The zero-order valence-electron chi connectivity index (χ0n) is 11.1. The average Bonchev–Trinajstić information content (AvgIpc) is 2.39. The topological polar surface area (TPSA) is 55.0 Å². The van der Waals surface area contributed by atoms with E-state index in [-0.39, 0.29) is 5.82 Å². The molecule has 0 aliphatic carbocycles. The van der Waals surface area contributed by atoms with Crippen LogP contribution >= 0.6 is 0 Å². The van der Waals surface area contributed by atoms with Gasteiger partial charge in [-0.25, -0.2) is 14.4 Å². The van der Waals surface area contributed by atoms with Crippen molar-refractivity contribution < 1.29 is 4.39 Å². The first-order valence-corrected chi connectivity index (χ1v) is 6.16. The van der Waals surface area contributed by atoms with E-state index in [2.05, 4.69) is 9.97 Å². The van der Waals surface area contributed by atoms with Gasteiger partial charge in [-0.1, -0.05) is 19.1 Å². The fourth-order valence-electron chi connectivity index (χ4n) is 1.95. The number of halogens is 1. The summed E-state index contributed by atoms with van der Waals surface area (Å²) in [5, 5.41) is 0. The van der Waals surface area contributed by atoms with Crippen molar-refractivity contribution >= 4 is 11.5 Å². The lowest BCUT2D eigenvalue weighted by Gasteiger charge is -2.19. The van der Waals surface area contributed by atoms with Crippen LogP contribution in [0.3, 0.4) is 0 Å². The highest BCUT2D eigenvalue weighted by Gasteiger charge is 2.13. The molecule has 0 bridgehead atoms. The minimum absolute atomic E-state index is 0.314. The SMILES string of the molecule is CCc1ncnc(N(C)Cc2cccc(N)c2)c1F. The summed E-state index contributed by atoms with van der Waals surface area (Å²) in [4.78, 5) is 9.70. The minimum Gasteiger partial charge on any atom is -0.399 e. The van der Waals surface area contributed by atoms with Crippen molar-refractivity contribution in [2.45, 2.75) is 19.9 Å². The van der Waals surface area contributed by atoms with Crippen molar-refractivity contribution in [2.75, 3.05) is 17.7 Å². The molecule has 2 aromatic rings. The van der Waals surface area contributed by atoms with Crippen LogP contribution in [0.1, 0.15) is 18.2 Å². The third-order valence-electron chi connectivity index (χ3n) is 2.91. The van der Waals surface area contributed by atoms with Crippen molar-refractivity contribution in [1.82, 2.24) is 9.97 Å². The minimum atomic E-state index is -0.351. The van der Waals surface area contributed by atoms with Crippen molar-refractivity contribution in [3.05, 3.63) is 47.7 Å². The van der Waals surface area contributed by atoms with Crippen LogP contribution in [0.5, 0.6) is 0 Å². The summed E-state index contributed by atoms with van der Waals surface area (Å²) in [5.41, 5.74) is 7.88. The molecule has 0 amide bonds. The second-order valence-corrected chi connectivity index (χ2v) is 4.41. The van der Waals surface area contributed by atoms with E-state index < -0.39 is 0 Å². The first kappa shape index (κ1) is 13.3. The maximum Gasteiger partial charge on any atom is 0.187 e. The van der Waals surface area contributed by atoms with Crippen LogP contribution in [0.15, 0.2) is 30.6 Å². The van der Waals surface area contributed by atoms with Crippen LogP contribution < -0.4 is 10.6 Å². The maximum absolute atomic E-state index is 14.1. The lowest BCUT2D eigenvalue weighted by atomic mass is 10.2. The van der Waals surface area contributed by atoms with Gasteiger partial charge in [-0.15, -0.1) is 0 Å². The van der Waals surface area contributed by atoms with E-state index in [1.807, 2.05) is 31.2 Å². The Bertz CT molecular complexity index is 571. The molecule has 19 heavy (non-hydrogen) atoms. The Balaban J connectivity index is 2.23. The van der Waals surface area contributed by atoms with Gasteiger partial charge in [0.15, 0.2) is 11.6 Å². The third-order valence-corrected chi connectivity index (χ3v) is 2.91. The molecule has 0 fully saturated rings. The van der Waals surface area contributed by atoms with Gasteiger partial charge < -0.3 is 10.6 Å². The van der Waals surface area contributed by atoms with Gasteiger partial charge in [-0.3, -0.25) is 0 Å². The number of hydrogen-bond donors (Lipinski definition) is 1. The highest BCUT2D eigenvalue weighted by atomic mass is 19.1. The van der Waals surface area contributed by atoms with Gasteiger partial charge in [-0.05, 0) is 24.1 Å². The van der Waals surface area contributed by atoms with E-state index >= 15 is 0 Å². The largest absolute Gasteiger partial charge is 0.399 e. The summed E-state index contributed by atoms with van der Waals surface area (Å²) >= 11 is 0. The van der Waals surface area contributed by atoms with Crippen molar-refractivity contribution in [1.29, 1.82) is 0 Å². The highest BCUT2D eigenvalue weighted by Crippen LogP contribution is 2.19. The Morgan fingerprint density at radius 3 is 2.79 bits per heavy atom. The monoisotopic (exact) mass is 260 g/mol. The molecular weight excluding hydrogens is 243 g/mol. The fourth-order valence-corrected chi connectivity index (χ4v) is 1.95. The molecule has 2 rings (SSSR count). The molecule has 0 saturated carbocycles. The number of benzene rings is 1. The molecule has 5 heteroatoms. The van der Waals surface area contributed by atoms with E-state index in [1.165, 1.54) is 6.33 Å². The van der Waals surface area contributed by atoms with Crippen LogP contribution in [0.4, 0.5) is 15.9 Å². The molecule has 0 aliphatic heterocycles. The van der Waals surface area contributed by atoms with Crippen molar-refractivity contribution in [2.24, 2.45) is 0 Å². The number of anilines is 2. The number of aromatic nitrogens is 2. The third kappa shape index (κ3) is 2.99. The lowest BCUT2D eigenvalue weighted by Crippen LogP contribution is -2.20. The number of rotatable bonds is 4. The smallest absolute Gasteiger partial charge is 0.187 e. The molecule has 0 spiro atoms. The second-order valence-electron chi connectivity index (χ2n) is 4.41. The summed E-state index contributed by atoms with van der Waals surface area (Å²) < 4.78 is 14.1. The Kier molecular flexibility index (Phi) is 3.94. The standard InChI is InChI=1S/C14H17FN4/c1-3-12-13(15)14(18-9-17-12)19(2)8-10-5-4-6-11(16)7-10/h4-7,9H,3,8,16H2,1-2H3. The van der Waals surface area contributed by atoms with Crippen molar-refractivity contribution in [3.8, 4) is 0 Å². The quantitative estimate of drug-likeness (QED) is 0.858. The molecule has 0 radical (unpaired) electrons. The van der Waals surface area contributed by atoms with Gasteiger partial charge in [0.1, 0.15) is 6.33 Å². The molecule has 2 N–H and O–H groups in total. The van der Waals surface area contributed by atoms with Gasteiger partial charge >= 0.3 is 0 Å². The Labute approximate surface area is 112 Å². The zero-order chi connectivity index (χ0) is 13.8. The predicted octanol–water partition coefficient (Wildman–Crippen LogP) is 2.40. The molecule has 0 unspecified atom stereocenters. The summed E-state index contributed by atoms with van der Waals surface area (Å²) in [7, 11) is 1.80. The van der Waals surface area contributed by atoms with Crippen LogP contribution in [0.2, 0.25) is 0 Å². The first-order chi connectivity index (χ1) is 9.11. The summed E-state index contributed by atoms with van der Waals surface area (Å²) in [6.07, 6.45) is 1.95. The predicted molar refractivity (Wildman–Crippen MR) is 74.3 cm³/mol. The maximum atomic E-state index is 14.1. The van der Waals surface area contributed by atoms with E-state index in [4.69, 9.17) is 5.73 Å². The molecule has 0 atom stereocenters. The van der Waals surface area contributed by atoms with Crippen LogP contribution in [-0.4, -0.2) is 17.0 Å². The Morgan fingerprint density at radius 2 is 2.11 bits per heavy atom. The van der Waals surface area contributed by atoms with E-state index in [0.29, 0.717) is 30.2 Å².